The Morgan fingerprint density at radius 3 is 1.98 bits per heavy atom. The lowest BCUT2D eigenvalue weighted by Crippen LogP contribution is -2.03. The number of benzene rings is 7. The van der Waals surface area contributed by atoms with Crippen molar-refractivity contribution in [3.05, 3.63) is 133 Å². The number of nitrogens with zero attached hydrogens (tertiary/aromatic N) is 2. The van der Waals surface area contributed by atoms with Crippen LogP contribution in [-0.4, -0.2) is 9.55 Å². The van der Waals surface area contributed by atoms with Gasteiger partial charge in [-0.05, 0) is 67.1 Å². The Balaban J connectivity index is 1.60. The minimum atomic E-state index is -3.27. The first kappa shape index (κ1) is 13.4. The molecule has 0 fully saturated rings. The summed E-state index contributed by atoms with van der Waals surface area (Å²) in [5.74, 6) is -0.623. The fraction of sp³-hybridized carbons (Fsp3) is 0.0513. The molecule has 0 saturated carbocycles. The summed E-state index contributed by atoms with van der Waals surface area (Å²) in [5.41, 5.74) is 4.57. The molecule has 0 unspecified atom stereocenters. The van der Waals surface area contributed by atoms with Gasteiger partial charge in [-0.25, -0.2) is 4.98 Å². The molecule has 1 aromatic heterocycles. The van der Waals surface area contributed by atoms with Gasteiger partial charge in [0.1, 0.15) is 5.82 Å². The summed E-state index contributed by atoms with van der Waals surface area (Å²) in [6.07, 6.45) is -3.13. The molecule has 2 nitrogen and oxygen atoms in total. The van der Waals surface area contributed by atoms with Crippen LogP contribution in [0, 0.1) is 0 Å². The maximum absolute atomic E-state index is 9.41. The van der Waals surface area contributed by atoms with Gasteiger partial charge in [0.25, 0.3) is 0 Å². The number of imidazole rings is 1. The highest BCUT2D eigenvalue weighted by Gasteiger charge is 2.25. The van der Waals surface area contributed by atoms with Crippen molar-refractivity contribution in [3.63, 3.8) is 0 Å². The van der Waals surface area contributed by atoms with Crippen LogP contribution in [0.15, 0.2) is 127 Å². The molecule has 0 saturated heterocycles. The van der Waals surface area contributed by atoms with Crippen molar-refractivity contribution < 1.29 is 17.8 Å². The quantitative estimate of drug-likeness (QED) is 0.206. The van der Waals surface area contributed by atoms with E-state index in [9.17, 15) is 5.48 Å². The number of aryl methyl sites for hydroxylation is 1. The van der Waals surface area contributed by atoms with Crippen LogP contribution < -0.4 is 0 Å². The summed E-state index contributed by atoms with van der Waals surface area (Å²) < 4.78 is 116. The summed E-state index contributed by atoms with van der Waals surface area (Å²) in [6, 6.07) is 19.1. The lowest BCUT2D eigenvalue weighted by molar-refractivity contribution is 0.917. The molecule has 0 atom stereocenters. The third-order valence-electron chi connectivity index (χ3n) is 8.06. The number of aromatic nitrogens is 2. The highest BCUT2D eigenvalue weighted by atomic mass is 15.1. The van der Waals surface area contributed by atoms with Crippen LogP contribution in [0.4, 0.5) is 0 Å². The van der Waals surface area contributed by atoms with E-state index in [1.807, 2.05) is 48.5 Å². The van der Waals surface area contributed by atoms with Gasteiger partial charge >= 0.3 is 0 Å². The minimum Gasteiger partial charge on any atom is -0.295 e. The van der Waals surface area contributed by atoms with Gasteiger partial charge in [0, 0.05) is 24.0 Å². The van der Waals surface area contributed by atoms with Crippen LogP contribution in [0.3, 0.4) is 0 Å². The van der Waals surface area contributed by atoms with Gasteiger partial charge < -0.3 is 0 Å². The molecule has 2 heteroatoms. The average molecular weight is 536 g/mol. The van der Waals surface area contributed by atoms with Crippen molar-refractivity contribution in [2.75, 3.05) is 0 Å². The van der Waals surface area contributed by atoms with Gasteiger partial charge in [0.05, 0.1) is 27.7 Å². The first-order valence-corrected chi connectivity index (χ1v) is 13.2. The van der Waals surface area contributed by atoms with E-state index in [2.05, 4.69) is 4.98 Å². The molecule has 7 aromatic carbocycles. The largest absolute Gasteiger partial charge is 0.295 e. The smallest absolute Gasteiger partial charge is 0.114 e. The first-order chi connectivity index (χ1) is 25.6. The normalized spacial score (nSPS) is 17.3. The van der Waals surface area contributed by atoms with Gasteiger partial charge in [-0.3, -0.25) is 4.57 Å². The first-order valence-electron chi connectivity index (χ1n) is 19.7. The second kappa shape index (κ2) is 8.39. The van der Waals surface area contributed by atoms with E-state index in [4.69, 9.17) is 12.3 Å². The number of fused-ring (bicyclic) bond motifs is 6. The van der Waals surface area contributed by atoms with E-state index in [0.29, 0.717) is 10.9 Å². The third kappa shape index (κ3) is 2.99. The average Bonchev–Trinajstić information content (AvgIpc) is 3.71. The van der Waals surface area contributed by atoms with Crippen molar-refractivity contribution in [2.45, 2.75) is 13.2 Å². The lowest BCUT2D eigenvalue weighted by atomic mass is 9.87. The standard InChI is InChI=1S/C39H26N2/c1-2-36-40-34-20-9-10-21-35(34)41(36)39-32-16-7-5-14-28(32)38(29-15-6-8-17-33(29)39)31-23-22-30-25-13-4-3-12-24(25)26-18-11-19-27(31)37(26)30/h3-23H,2H2,1H3/i1D3,2D2,5D,6D,7D,8D,14D,15D,16D,17D. The Morgan fingerprint density at radius 1 is 0.634 bits per heavy atom. The molecule has 9 rings (SSSR count). The maximum atomic E-state index is 9.41. The zero-order valence-corrected chi connectivity index (χ0v) is 21.4. The highest BCUT2D eigenvalue weighted by Crippen LogP contribution is 2.51. The van der Waals surface area contributed by atoms with Gasteiger partial charge in [-0.2, -0.15) is 0 Å². The van der Waals surface area contributed by atoms with Gasteiger partial charge in [0.2, 0.25) is 0 Å². The number of hydrogen-bond acceptors (Lipinski definition) is 1. The van der Waals surface area contributed by atoms with Crippen LogP contribution in [0.1, 0.15) is 30.5 Å². The molecular formula is C39H26N2. The fourth-order valence-electron chi connectivity index (χ4n) is 6.46. The molecule has 0 spiro atoms. The fourth-order valence-corrected chi connectivity index (χ4v) is 6.46. The number of rotatable bonds is 3. The summed E-state index contributed by atoms with van der Waals surface area (Å²) >= 11 is 0. The predicted octanol–water partition coefficient (Wildman–Crippen LogP) is 10.4. The highest BCUT2D eigenvalue weighted by molar-refractivity contribution is 6.25. The monoisotopic (exact) mass is 535 g/mol. The summed E-state index contributed by atoms with van der Waals surface area (Å²) in [5, 5.41) is 1.02. The van der Waals surface area contributed by atoms with Gasteiger partial charge in [-0.1, -0.05) is 122 Å². The molecule has 0 radical (unpaired) electrons. The second-order valence-electron chi connectivity index (χ2n) is 10.0. The summed E-state index contributed by atoms with van der Waals surface area (Å²) in [7, 11) is 0. The molecule has 0 N–H and O–H groups in total. The Hall–Kier alpha value is -5.21. The Bertz CT molecular complexity index is 2890. The molecule has 8 aromatic rings. The molecule has 1 aliphatic rings. The zero-order valence-electron chi connectivity index (χ0n) is 34.4. The van der Waals surface area contributed by atoms with Crippen LogP contribution >= 0.6 is 0 Å². The van der Waals surface area contributed by atoms with E-state index in [1.165, 1.54) is 0 Å². The molecule has 192 valence electrons. The van der Waals surface area contributed by atoms with E-state index in [-0.39, 0.29) is 43.8 Å². The minimum absolute atomic E-state index is 0.0806. The van der Waals surface area contributed by atoms with E-state index in [1.54, 1.807) is 30.3 Å². The second-order valence-corrected chi connectivity index (χ2v) is 10.0. The number of para-hydroxylation sites is 2. The predicted molar refractivity (Wildman–Crippen MR) is 173 cm³/mol. The van der Waals surface area contributed by atoms with E-state index < -0.39 is 67.4 Å². The van der Waals surface area contributed by atoms with Crippen LogP contribution in [0.2, 0.25) is 0 Å². The Morgan fingerprint density at radius 2 is 1.24 bits per heavy atom. The third-order valence-corrected chi connectivity index (χ3v) is 8.06. The van der Waals surface area contributed by atoms with E-state index in [0.717, 1.165) is 32.2 Å². The molecule has 0 bridgehead atoms. The van der Waals surface area contributed by atoms with Crippen molar-refractivity contribution in [2.24, 2.45) is 0 Å². The van der Waals surface area contributed by atoms with Crippen LogP contribution in [-0.2, 0) is 6.37 Å². The lowest BCUT2D eigenvalue weighted by Gasteiger charge is -2.20. The molecule has 41 heavy (non-hydrogen) atoms. The molecule has 1 aliphatic carbocycles. The summed E-state index contributed by atoms with van der Waals surface area (Å²) in [6.45, 7) is -3.27. The molecule has 0 amide bonds. The topological polar surface area (TPSA) is 17.8 Å². The molecule has 0 aliphatic heterocycles. The zero-order chi connectivity index (χ0) is 38.3. The SMILES string of the molecule is [2H]c1c([2H])c([2H])c2c(-n3c(C([2H])([2H])C([2H])([2H])[2H])nc4ccccc43)c3c([2H])c([2H])c([2H])c([2H])c3c(-c3ccc4c5c(cccc35)-c3ccccc3-4)c2c1[2H]. The molecular weight excluding hydrogens is 496 g/mol. The van der Waals surface area contributed by atoms with Crippen molar-refractivity contribution >= 4 is 43.4 Å². The molecule has 1 heterocycles. The van der Waals surface area contributed by atoms with Crippen molar-refractivity contribution in [3.8, 4) is 39.1 Å². The summed E-state index contributed by atoms with van der Waals surface area (Å²) in [4.78, 5) is 4.44. The van der Waals surface area contributed by atoms with Crippen molar-refractivity contribution in [1.82, 2.24) is 9.55 Å². The Labute approximate surface area is 256 Å². The van der Waals surface area contributed by atoms with Gasteiger partial charge in [-0.15, -0.1) is 0 Å². The maximum Gasteiger partial charge on any atom is 0.114 e. The number of hydrogen-bond donors (Lipinski definition) is 0. The van der Waals surface area contributed by atoms with E-state index >= 15 is 0 Å². The van der Waals surface area contributed by atoms with Crippen molar-refractivity contribution in [1.29, 1.82) is 0 Å². The van der Waals surface area contributed by atoms with Crippen LogP contribution in [0.25, 0.3) is 82.4 Å². The Kier molecular flexibility index (Phi) is 2.75. The van der Waals surface area contributed by atoms with Gasteiger partial charge in [0.15, 0.2) is 0 Å². The van der Waals surface area contributed by atoms with Crippen LogP contribution in [0.5, 0.6) is 0 Å².